The second-order valence-corrected chi connectivity index (χ2v) is 5.83. The van der Waals surface area contributed by atoms with Crippen molar-refractivity contribution in [3.05, 3.63) is 22.8 Å². The van der Waals surface area contributed by atoms with Crippen molar-refractivity contribution in [1.82, 2.24) is 4.98 Å². The van der Waals surface area contributed by atoms with Crippen LogP contribution in [0.25, 0.3) is 0 Å². The summed E-state index contributed by atoms with van der Waals surface area (Å²) in [6, 6.07) is 1.89. The number of hydrogen-bond acceptors (Lipinski definition) is 4. The second-order valence-electron chi connectivity index (χ2n) is 5.42. The van der Waals surface area contributed by atoms with Crippen molar-refractivity contribution in [3.8, 4) is 0 Å². The summed E-state index contributed by atoms with van der Waals surface area (Å²) >= 11 is 6.28. The number of pyridine rings is 1. The van der Waals surface area contributed by atoms with E-state index < -0.39 is 0 Å². The van der Waals surface area contributed by atoms with E-state index in [0.29, 0.717) is 11.6 Å². The first kappa shape index (κ1) is 13.6. The summed E-state index contributed by atoms with van der Waals surface area (Å²) in [4.78, 5) is 6.61. The van der Waals surface area contributed by atoms with Crippen molar-refractivity contribution in [2.24, 2.45) is 5.73 Å². The van der Waals surface area contributed by atoms with E-state index in [0.717, 1.165) is 24.5 Å². The summed E-state index contributed by atoms with van der Waals surface area (Å²) < 4.78 is 5.88. The maximum Gasteiger partial charge on any atom is 0.147 e. The Bertz CT molecular complexity index is 436. The number of morpholine rings is 1. The van der Waals surface area contributed by atoms with Gasteiger partial charge in [-0.3, -0.25) is 0 Å². The highest BCUT2D eigenvalue weighted by atomic mass is 35.5. The summed E-state index contributed by atoms with van der Waals surface area (Å²) in [6.45, 7) is 8.27. The minimum absolute atomic E-state index is 0.167. The monoisotopic (exact) mass is 269 g/mol. The Labute approximate surface area is 113 Å². The largest absolute Gasteiger partial charge is 0.369 e. The standard InChI is InChI=1S/C13H20ClN3O/c1-9-7-17(8-13(2,3)18-9)12-11(14)4-10(5-15)6-16-12/h4,6,9H,5,7-8,15H2,1-3H3. The molecule has 0 saturated carbocycles. The summed E-state index contributed by atoms with van der Waals surface area (Å²) in [6.07, 6.45) is 1.95. The lowest BCUT2D eigenvalue weighted by molar-refractivity contribution is -0.0751. The molecule has 1 aromatic rings. The van der Waals surface area contributed by atoms with Gasteiger partial charge >= 0.3 is 0 Å². The SMILES string of the molecule is CC1CN(c2ncc(CN)cc2Cl)CC(C)(C)O1. The number of nitrogens with zero attached hydrogens (tertiary/aromatic N) is 2. The van der Waals surface area contributed by atoms with E-state index in [2.05, 4.69) is 30.7 Å². The van der Waals surface area contributed by atoms with Gasteiger partial charge in [0, 0.05) is 25.8 Å². The van der Waals surface area contributed by atoms with Crippen LogP contribution in [0, 0.1) is 0 Å². The Balaban J connectivity index is 2.25. The molecule has 0 radical (unpaired) electrons. The van der Waals surface area contributed by atoms with Crippen molar-refractivity contribution in [1.29, 1.82) is 0 Å². The predicted molar refractivity (Wildman–Crippen MR) is 74.0 cm³/mol. The van der Waals surface area contributed by atoms with Crippen LogP contribution in [0.1, 0.15) is 26.3 Å². The third kappa shape index (κ3) is 2.94. The summed E-state index contributed by atoms with van der Waals surface area (Å²) in [5.41, 5.74) is 6.34. The van der Waals surface area contributed by atoms with Gasteiger partial charge in [0.25, 0.3) is 0 Å². The molecule has 2 rings (SSSR count). The smallest absolute Gasteiger partial charge is 0.147 e. The first-order valence-corrected chi connectivity index (χ1v) is 6.56. The normalized spacial score (nSPS) is 23.2. The molecule has 18 heavy (non-hydrogen) atoms. The van der Waals surface area contributed by atoms with Crippen LogP contribution in [0.3, 0.4) is 0 Å². The highest BCUT2D eigenvalue weighted by Gasteiger charge is 2.32. The molecule has 0 aliphatic carbocycles. The fraction of sp³-hybridized carbons (Fsp3) is 0.615. The molecule has 1 fully saturated rings. The van der Waals surface area contributed by atoms with E-state index in [1.165, 1.54) is 0 Å². The molecule has 0 aromatic carbocycles. The van der Waals surface area contributed by atoms with Crippen LogP contribution < -0.4 is 10.6 Å². The summed E-state index contributed by atoms with van der Waals surface area (Å²) in [5.74, 6) is 0.817. The van der Waals surface area contributed by atoms with Gasteiger partial charge in [0.1, 0.15) is 5.82 Å². The first-order valence-electron chi connectivity index (χ1n) is 6.18. The van der Waals surface area contributed by atoms with Crippen LogP contribution >= 0.6 is 11.6 Å². The van der Waals surface area contributed by atoms with E-state index >= 15 is 0 Å². The number of hydrogen-bond donors (Lipinski definition) is 1. The molecule has 0 spiro atoms. The third-order valence-corrected chi connectivity index (χ3v) is 3.26. The highest BCUT2D eigenvalue weighted by Crippen LogP contribution is 2.29. The molecule has 0 amide bonds. The van der Waals surface area contributed by atoms with Crippen molar-refractivity contribution in [2.75, 3.05) is 18.0 Å². The van der Waals surface area contributed by atoms with Gasteiger partial charge < -0.3 is 15.4 Å². The average Bonchev–Trinajstić information content (AvgIpc) is 2.25. The Morgan fingerprint density at radius 1 is 1.61 bits per heavy atom. The summed E-state index contributed by atoms with van der Waals surface area (Å²) in [7, 11) is 0. The Morgan fingerprint density at radius 2 is 2.33 bits per heavy atom. The molecule has 1 aliphatic heterocycles. The number of rotatable bonds is 2. The van der Waals surface area contributed by atoms with Crippen molar-refractivity contribution in [2.45, 2.75) is 39.0 Å². The Hall–Kier alpha value is -0.840. The van der Waals surface area contributed by atoms with Gasteiger partial charge in [-0.15, -0.1) is 0 Å². The molecule has 5 heteroatoms. The lowest BCUT2D eigenvalue weighted by atomic mass is 10.1. The second kappa shape index (κ2) is 5.03. The van der Waals surface area contributed by atoms with Gasteiger partial charge in [0.15, 0.2) is 0 Å². The van der Waals surface area contributed by atoms with Crippen molar-refractivity contribution >= 4 is 17.4 Å². The molecule has 2 N–H and O–H groups in total. The number of ether oxygens (including phenoxy) is 1. The van der Waals surface area contributed by atoms with Crippen LogP contribution in [0.15, 0.2) is 12.3 Å². The zero-order valence-electron chi connectivity index (χ0n) is 11.1. The van der Waals surface area contributed by atoms with Gasteiger partial charge in [-0.1, -0.05) is 11.6 Å². The van der Waals surface area contributed by atoms with E-state index in [-0.39, 0.29) is 11.7 Å². The Morgan fingerprint density at radius 3 is 2.89 bits per heavy atom. The maximum absolute atomic E-state index is 6.28. The fourth-order valence-electron chi connectivity index (χ4n) is 2.43. The van der Waals surface area contributed by atoms with Crippen LogP contribution in [0.2, 0.25) is 5.02 Å². The van der Waals surface area contributed by atoms with E-state index in [1.54, 1.807) is 6.20 Å². The molecule has 1 saturated heterocycles. The molecule has 100 valence electrons. The van der Waals surface area contributed by atoms with Gasteiger partial charge in [0.05, 0.1) is 16.7 Å². The highest BCUT2D eigenvalue weighted by molar-refractivity contribution is 6.33. The minimum Gasteiger partial charge on any atom is -0.369 e. The van der Waals surface area contributed by atoms with Crippen molar-refractivity contribution < 1.29 is 4.74 Å². The molecule has 2 heterocycles. The quantitative estimate of drug-likeness (QED) is 0.894. The lowest BCUT2D eigenvalue weighted by Crippen LogP contribution is -2.52. The maximum atomic E-state index is 6.28. The molecular weight excluding hydrogens is 250 g/mol. The number of nitrogens with two attached hydrogens (primary N) is 1. The van der Waals surface area contributed by atoms with Gasteiger partial charge in [0.2, 0.25) is 0 Å². The van der Waals surface area contributed by atoms with Crippen LogP contribution in [-0.4, -0.2) is 29.8 Å². The molecule has 0 bridgehead atoms. The molecule has 1 aromatic heterocycles. The molecule has 1 aliphatic rings. The number of halogens is 1. The zero-order chi connectivity index (χ0) is 13.3. The molecule has 4 nitrogen and oxygen atoms in total. The topological polar surface area (TPSA) is 51.4 Å². The fourth-order valence-corrected chi connectivity index (χ4v) is 2.74. The Kier molecular flexibility index (Phi) is 3.80. The van der Waals surface area contributed by atoms with Gasteiger partial charge in [-0.2, -0.15) is 0 Å². The van der Waals surface area contributed by atoms with Crippen LogP contribution in [0.4, 0.5) is 5.82 Å². The van der Waals surface area contributed by atoms with E-state index in [4.69, 9.17) is 22.1 Å². The van der Waals surface area contributed by atoms with E-state index in [1.807, 2.05) is 6.07 Å². The van der Waals surface area contributed by atoms with Crippen molar-refractivity contribution in [3.63, 3.8) is 0 Å². The summed E-state index contributed by atoms with van der Waals surface area (Å²) in [5, 5.41) is 0.655. The van der Waals surface area contributed by atoms with E-state index in [9.17, 15) is 0 Å². The van der Waals surface area contributed by atoms with Gasteiger partial charge in [-0.05, 0) is 32.4 Å². The molecule has 1 unspecified atom stereocenters. The predicted octanol–water partition coefficient (Wildman–Crippen LogP) is 2.20. The first-order chi connectivity index (χ1) is 8.41. The average molecular weight is 270 g/mol. The van der Waals surface area contributed by atoms with Crippen LogP contribution in [0.5, 0.6) is 0 Å². The number of aromatic nitrogens is 1. The number of anilines is 1. The minimum atomic E-state index is -0.185. The molecular formula is C13H20ClN3O. The van der Waals surface area contributed by atoms with Gasteiger partial charge in [-0.25, -0.2) is 4.98 Å². The zero-order valence-corrected chi connectivity index (χ0v) is 11.9. The molecule has 1 atom stereocenters. The van der Waals surface area contributed by atoms with Crippen LogP contribution in [-0.2, 0) is 11.3 Å². The lowest BCUT2D eigenvalue weighted by Gasteiger charge is -2.42. The third-order valence-electron chi connectivity index (χ3n) is 2.98.